The predicted octanol–water partition coefficient (Wildman–Crippen LogP) is 3.98. The molecular formula is C20H34O4S. The number of rotatable bonds is 12. The van der Waals surface area contributed by atoms with Crippen molar-refractivity contribution in [3.63, 3.8) is 0 Å². The van der Waals surface area contributed by atoms with Crippen molar-refractivity contribution in [2.24, 2.45) is 11.8 Å². The molecule has 0 radical (unpaired) electrons. The van der Waals surface area contributed by atoms with Crippen molar-refractivity contribution >= 4 is 18.6 Å². The van der Waals surface area contributed by atoms with Crippen molar-refractivity contribution in [1.82, 2.24) is 0 Å². The van der Waals surface area contributed by atoms with E-state index in [1.807, 2.05) is 24.3 Å². The molecule has 25 heavy (non-hydrogen) atoms. The van der Waals surface area contributed by atoms with Gasteiger partial charge in [-0.1, -0.05) is 50.5 Å². The minimum absolute atomic E-state index is 0.109. The average molecular weight is 371 g/mol. The van der Waals surface area contributed by atoms with E-state index >= 15 is 0 Å². The Morgan fingerprint density at radius 1 is 1.28 bits per heavy atom. The SMILES string of the molecule is CCCCCC(O)/C=C/C1C(S)CC(O)C1C/C=C/CCCC(=O)O. The average Bonchev–Trinajstić information content (AvgIpc) is 2.82. The van der Waals surface area contributed by atoms with Crippen LogP contribution in [0.1, 0.15) is 64.7 Å². The van der Waals surface area contributed by atoms with E-state index in [0.717, 1.165) is 38.5 Å². The number of aliphatic hydroxyl groups is 2. The number of carboxylic acids is 1. The van der Waals surface area contributed by atoms with E-state index in [0.29, 0.717) is 12.8 Å². The Hall–Kier alpha value is -0.780. The summed E-state index contributed by atoms with van der Waals surface area (Å²) >= 11 is 4.61. The summed E-state index contributed by atoms with van der Waals surface area (Å²) < 4.78 is 0. The number of carboxylic acid groups (broad SMARTS) is 1. The van der Waals surface area contributed by atoms with Gasteiger partial charge >= 0.3 is 5.97 Å². The number of hydrogen-bond donors (Lipinski definition) is 4. The maximum Gasteiger partial charge on any atom is 0.303 e. The van der Waals surface area contributed by atoms with Gasteiger partial charge in [0.2, 0.25) is 0 Å². The molecule has 1 fully saturated rings. The van der Waals surface area contributed by atoms with Gasteiger partial charge in [0.05, 0.1) is 12.2 Å². The largest absolute Gasteiger partial charge is 0.481 e. The first-order valence-corrected chi connectivity index (χ1v) is 10.1. The third-order valence-electron chi connectivity index (χ3n) is 4.91. The quantitative estimate of drug-likeness (QED) is 0.238. The maximum absolute atomic E-state index is 10.5. The van der Waals surface area contributed by atoms with E-state index in [4.69, 9.17) is 5.11 Å². The van der Waals surface area contributed by atoms with Gasteiger partial charge in [0.25, 0.3) is 0 Å². The molecule has 1 saturated carbocycles. The summed E-state index contributed by atoms with van der Waals surface area (Å²) in [5.41, 5.74) is 0. The monoisotopic (exact) mass is 370 g/mol. The van der Waals surface area contributed by atoms with Gasteiger partial charge in [-0.2, -0.15) is 12.6 Å². The normalized spacial score (nSPS) is 28.2. The van der Waals surface area contributed by atoms with Gasteiger partial charge in [-0.25, -0.2) is 0 Å². The summed E-state index contributed by atoms with van der Waals surface area (Å²) in [7, 11) is 0. The fourth-order valence-corrected chi connectivity index (χ4v) is 3.94. The number of carbonyl (C=O) groups is 1. The van der Waals surface area contributed by atoms with Crippen LogP contribution < -0.4 is 0 Å². The number of hydrogen-bond acceptors (Lipinski definition) is 4. The molecule has 0 amide bonds. The van der Waals surface area contributed by atoms with Crippen LogP contribution in [0.2, 0.25) is 0 Å². The molecule has 5 heteroatoms. The number of thiol groups is 1. The van der Waals surface area contributed by atoms with Gasteiger partial charge in [-0.3, -0.25) is 4.79 Å². The fourth-order valence-electron chi connectivity index (χ4n) is 3.41. The van der Waals surface area contributed by atoms with E-state index in [9.17, 15) is 15.0 Å². The molecule has 0 heterocycles. The summed E-state index contributed by atoms with van der Waals surface area (Å²) in [6.07, 6.45) is 14.2. The van der Waals surface area contributed by atoms with Crippen molar-refractivity contribution in [3.8, 4) is 0 Å². The van der Waals surface area contributed by atoms with Crippen molar-refractivity contribution < 1.29 is 20.1 Å². The number of aliphatic hydroxyl groups excluding tert-OH is 2. The molecular weight excluding hydrogens is 336 g/mol. The molecule has 4 nitrogen and oxygen atoms in total. The number of unbranched alkanes of at least 4 members (excludes halogenated alkanes) is 3. The molecule has 0 aromatic heterocycles. The molecule has 1 aliphatic rings. The molecule has 3 N–H and O–H groups in total. The van der Waals surface area contributed by atoms with Gasteiger partial charge < -0.3 is 15.3 Å². The van der Waals surface area contributed by atoms with E-state index in [-0.39, 0.29) is 29.6 Å². The van der Waals surface area contributed by atoms with Crippen LogP contribution in [0, 0.1) is 11.8 Å². The van der Waals surface area contributed by atoms with Crippen LogP contribution in [0.5, 0.6) is 0 Å². The molecule has 0 aromatic rings. The molecule has 0 bridgehead atoms. The second-order valence-electron chi connectivity index (χ2n) is 7.05. The van der Waals surface area contributed by atoms with Gasteiger partial charge in [0.15, 0.2) is 0 Å². The minimum atomic E-state index is -0.764. The van der Waals surface area contributed by atoms with Crippen LogP contribution in [0.25, 0.3) is 0 Å². The first-order valence-electron chi connectivity index (χ1n) is 9.55. The smallest absolute Gasteiger partial charge is 0.303 e. The Balaban J connectivity index is 2.46. The minimum Gasteiger partial charge on any atom is -0.481 e. The van der Waals surface area contributed by atoms with Gasteiger partial charge in [0, 0.05) is 11.7 Å². The highest BCUT2D eigenvalue weighted by atomic mass is 32.1. The zero-order valence-corrected chi connectivity index (χ0v) is 16.2. The van der Waals surface area contributed by atoms with E-state index < -0.39 is 12.1 Å². The summed E-state index contributed by atoms with van der Waals surface area (Å²) in [5, 5.41) is 29.1. The van der Waals surface area contributed by atoms with E-state index in [1.165, 1.54) is 0 Å². The second-order valence-corrected chi connectivity index (χ2v) is 7.72. The lowest BCUT2D eigenvalue weighted by molar-refractivity contribution is -0.137. The highest BCUT2D eigenvalue weighted by molar-refractivity contribution is 7.81. The lowest BCUT2D eigenvalue weighted by Crippen LogP contribution is -2.19. The zero-order valence-electron chi connectivity index (χ0n) is 15.3. The zero-order chi connectivity index (χ0) is 18.7. The Morgan fingerprint density at radius 2 is 2.04 bits per heavy atom. The molecule has 144 valence electrons. The first-order chi connectivity index (χ1) is 12.0. The third-order valence-corrected chi connectivity index (χ3v) is 5.47. The molecule has 0 saturated heterocycles. The predicted molar refractivity (Wildman–Crippen MR) is 105 cm³/mol. The molecule has 0 aliphatic heterocycles. The van der Waals surface area contributed by atoms with Crippen molar-refractivity contribution in [2.45, 2.75) is 82.2 Å². The van der Waals surface area contributed by atoms with Crippen LogP contribution in [0.4, 0.5) is 0 Å². The molecule has 1 aliphatic carbocycles. The topological polar surface area (TPSA) is 77.8 Å². The van der Waals surface area contributed by atoms with Crippen molar-refractivity contribution in [2.75, 3.05) is 0 Å². The molecule has 0 spiro atoms. The molecule has 5 unspecified atom stereocenters. The van der Waals surface area contributed by atoms with Crippen LogP contribution in [-0.4, -0.2) is 38.7 Å². The molecule has 5 atom stereocenters. The summed E-state index contributed by atoms with van der Waals surface area (Å²) in [6, 6.07) is 0. The van der Waals surface area contributed by atoms with Crippen LogP contribution >= 0.6 is 12.6 Å². The Labute approximate surface area is 157 Å². The Morgan fingerprint density at radius 3 is 2.72 bits per heavy atom. The molecule has 0 aromatic carbocycles. The Kier molecular flexibility index (Phi) is 11.2. The fraction of sp³-hybridized carbons (Fsp3) is 0.750. The highest BCUT2D eigenvalue weighted by Gasteiger charge is 2.38. The van der Waals surface area contributed by atoms with E-state index in [2.05, 4.69) is 19.6 Å². The van der Waals surface area contributed by atoms with Crippen LogP contribution in [0.15, 0.2) is 24.3 Å². The van der Waals surface area contributed by atoms with Crippen LogP contribution in [-0.2, 0) is 4.79 Å². The highest BCUT2D eigenvalue weighted by Crippen LogP contribution is 2.39. The van der Waals surface area contributed by atoms with E-state index in [1.54, 1.807) is 0 Å². The lowest BCUT2D eigenvalue weighted by Gasteiger charge is -2.20. The second kappa shape index (κ2) is 12.6. The maximum atomic E-state index is 10.5. The van der Waals surface area contributed by atoms with Gasteiger partial charge in [-0.15, -0.1) is 0 Å². The number of allylic oxidation sites excluding steroid dienone is 3. The van der Waals surface area contributed by atoms with Gasteiger partial charge in [-0.05, 0) is 43.9 Å². The summed E-state index contributed by atoms with van der Waals surface area (Å²) in [5.74, 6) is -0.500. The summed E-state index contributed by atoms with van der Waals surface area (Å²) in [4.78, 5) is 10.5. The van der Waals surface area contributed by atoms with Crippen molar-refractivity contribution in [1.29, 1.82) is 0 Å². The molecule has 1 rings (SSSR count). The van der Waals surface area contributed by atoms with Crippen LogP contribution in [0.3, 0.4) is 0 Å². The lowest BCUT2D eigenvalue weighted by atomic mass is 9.90. The summed E-state index contributed by atoms with van der Waals surface area (Å²) in [6.45, 7) is 2.15. The first kappa shape index (κ1) is 22.3. The standard InChI is InChI=1S/C20H34O4S/c1-2-3-6-9-15(21)12-13-17-16(18(22)14-19(17)25)10-7-4-5-8-11-20(23)24/h4,7,12-13,15-19,21-22,25H,2-3,5-6,8-11,14H2,1H3,(H,23,24)/b7-4+,13-12+. The van der Waals surface area contributed by atoms with Gasteiger partial charge in [0.1, 0.15) is 0 Å². The third kappa shape index (κ3) is 8.93. The van der Waals surface area contributed by atoms with Crippen molar-refractivity contribution in [3.05, 3.63) is 24.3 Å². The number of aliphatic carboxylic acids is 1. The Bertz CT molecular complexity index is 435.